The standard InChI is InChI=1S/C38H49N3O7/c1-26-7-5-8-30(19-26)20-34(39-28(3)24-46-33-10-6-9-32(42)22-33)27(2)23-41(16-13-29-11-12-35-36(21-29)48-25-47-35)37(43)31-14-17-40(18-15-31)38(44)45-4/h5-6,8-12,19,21-22,26-27,31,34,39,42H,3,7,13-18,20,23-25H2,1-2,4H3/t26?,27?,34-/m0/s1. The maximum atomic E-state index is 14.2. The van der Waals surface area contributed by atoms with E-state index in [1.165, 1.54) is 12.7 Å². The summed E-state index contributed by atoms with van der Waals surface area (Å²) in [5, 5.41) is 13.5. The van der Waals surface area contributed by atoms with Crippen molar-refractivity contribution in [3.05, 3.63) is 84.1 Å². The van der Waals surface area contributed by atoms with Crippen LogP contribution in [0.2, 0.25) is 0 Å². The Bertz CT molecular complexity index is 1500. The lowest BCUT2D eigenvalue weighted by Crippen LogP contribution is -2.48. The number of phenols is 1. The molecule has 2 aromatic carbocycles. The van der Waals surface area contributed by atoms with Gasteiger partial charge in [-0.3, -0.25) is 4.79 Å². The summed E-state index contributed by atoms with van der Waals surface area (Å²) in [5.74, 6) is 2.64. The van der Waals surface area contributed by atoms with Crippen LogP contribution in [0.5, 0.6) is 23.0 Å². The molecule has 0 aromatic heterocycles. The van der Waals surface area contributed by atoms with Gasteiger partial charge in [-0.05, 0) is 73.8 Å². The number of ether oxygens (including phenoxy) is 4. The van der Waals surface area contributed by atoms with E-state index in [-0.39, 0.29) is 49.0 Å². The number of methoxy groups -OCH3 is 1. The van der Waals surface area contributed by atoms with Gasteiger partial charge >= 0.3 is 6.09 Å². The molecule has 5 rings (SSSR count). The predicted molar refractivity (Wildman–Crippen MR) is 184 cm³/mol. The fraction of sp³-hybridized carbons (Fsp3) is 0.474. The van der Waals surface area contributed by atoms with E-state index in [0.717, 1.165) is 35.6 Å². The maximum Gasteiger partial charge on any atom is 0.409 e. The van der Waals surface area contributed by atoms with Gasteiger partial charge in [-0.15, -0.1) is 0 Å². The van der Waals surface area contributed by atoms with E-state index in [0.29, 0.717) is 57.1 Å². The zero-order chi connectivity index (χ0) is 34.0. The van der Waals surface area contributed by atoms with Gasteiger partial charge in [0.05, 0.1) is 7.11 Å². The molecule has 2 aromatic rings. The molecule has 258 valence electrons. The van der Waals surface area contributed by atoms with Gasteiger partial charge in [-0.2, -0.15) is 0 Å². The average molecular weight is 660 g/mol. The molecular weight excluding hydrogens is 610 g/mol. The van der Waals surface area contributed by atoms with Crippen molar-refractivity contribution in [3.8, 4) is 23.0 Å². The third-order valence-electron chi connectivity index (χ3n) is 9.31. The van der Waals surface area contributed by atoms with Gasteiger partial charge in [0, 0.05) is 49.9 Å². The van der Waals surface area contributed by atoms with Crippen LogP contribution in [0.25, 0.3) is 0 Å². The van der Waals surface area contributed by atoms with E-state index >= 15 is 0 Å². The summed E-state index contributed by atoms with van der Waals surface area (Å²) >= 11 is 0. The Hall–Kier alpha value is -4.60. The van der Waals surface area contributed by atoms with Gasteiger partial charge in [-0.25, -0.2) is 4.79 Å². The second-order valence-corrected chi connectivity index (χ2v) is 13.1. The summed E-state index contributed by atoms with van der Waals surface area (Å²) < 4.78 is 21.9. The lowest BCUT2D eigenvalue weighted by molar-refractivity contribution is -0.137. The number of rotatable bonds is 14. The van der Waals surface area contributed by atoms with Crippen LogP contribution in [-0.4, -0.2) is 79.6 Å². The van der Waals surface area contributed by atoms with Crippen molar-refractivity contribution >= 4 is 12.0 Å². The number of likely N-dealkylation sites (tertiary alicyclic amines) is 1. The van der Waals surface area contributed by atoms with Crippen LogP contribution >= 0.6 is 0 Å². The minimum absolute atomic E-state index is 0.0199. The second-order valence-electron chi connectivity index (χ2n) is 13.1. The fourth-order valence-electron chi connectivity index (χ4n) is 6.58. The Kier molecular flexibility index (Phi) is 11.9. The number of carbonyl (C=O) groups is 2. The van der Waals surface area contributed by atoms with Crippen molar-refractivity contribution in [3.63, 3.8) is 0 Å². The molecule has 3 aliphatic rings. The topological polar surface area (TPSA) is 110 Å². The number of hydrogen-bond acceptors (Lipinski definition) is 8. The van der Waals surface area contributed by atoms with Crippen LogP contribution in [0, 0.1) is 17.8 Å². The summed E-state index contributed by atoms with van der Waals surface area (Å²) in [6, 6.07) is 12.6. The first-order valence-corrected chi connectivity index (χ1v) is 16.9. The Morgan fingerprint density at radius 1 is 1.15 bits per heavy atom. The minimum atomic E-state index is -0.350. The normalized spacial score (nSPS) is 18.4. The molecule has 10 heteroatoms. The maximum absolute atomic E-state index is 14.2. The van der Waals surface area contributed by atoms with E-state index < -0.39 is 0 Å². The Balaban J connectivity index is 1.30. The zero-order valence-electron chi connectivity index (χ0n) is 28.4. The van der Waals surface area contributed by atoms with Crippen LogP contribution in [0.4, 0.5) is 4.79 Å². The van der Waals surface area contributed by atoms with Crippen LogP contribution in [0.1, 0.15) is 45.1 Å². The van der Waals surface area contributed by atoms with Gasteiger partial charge in [0.2, 0.25) is 12.7 Å². The summed E-state index contributed by atoms with van der Waals surface area (Å²) in [7, 11) is 1.39. The van der Waals surface area contributed by atoms with E-state index in [1.54, 1.807) is 29.2 Å². The second kappa shape index (κ2) is 16.5. The summed E-state index contributed by atoms with van der Waals surface area (Å²) in [6.45, 7) is 11.2. The summed E-state index contributed by atoms with van der Waals surface area (Å²) in [5.41, 5.74) is 3.05. The van der Waals surface area contributed by atoms with Gasteiger partial charge in [0.25, 0.3) is 0 Å². The van der Waals surface area contributed by atoms with Crippen LogP contribution in [0.3, 0.4) is 0 Å². The average Bonchev–Trinajstić information content (AvgIpc) is 3.56. The van der Waals surface area contributed by atoms with Crippen molar-refractivity contribution in [2.45, 2.75) is 52.0 Å². The minimum Gasteiger partial charge on any atom is -0.508 e. The number of benzene rings is 2. The highest BCUT2D eigenvalue weighted by Gasteiger charge is 2.32. The van der Waals surface area contributed by atoms with Gasteiger partial charge in [0.15, 0.2) is 11.5 Å². The smallest absolute Gasteiger partial charge is 0.409 e. The molecule has 0 spiro atoms. The molecule has 48 heavy (non-hydrogen) atoms. The molecule has 2 aliphatic heterocycles. The van der Waals surface area contributed by atoms with Crippen LogP contribution < -0.4 is 19.5 Å². The fourth-order valence-corrected chi connectivity index (χ4v) is 6.58. The molecule has 0 bridgehead atoms. The van der Waals surface area contributed by atoms with E-state index in [4.69, 9.17) is 18.9 Å². The quantitative estimate of drug-likeness (QED) is 0.252. The van der Waals surface area contributed by atoms with Crippen molar-refractivity contribution in [1.29, 1.82) is 0 Å². The van der Waals surface area contributed by atoms with Crippen molar-refractivity contribution in [1.82, 2.24) is 15.1 Å². The van der Waals surface area contributed by atoms with E-state index in [9.17, 15) is 14.7 Å². The highest BCUT2D eigenvalue weighted by atomic mass is 16.7. The molecule has 2 N–H and O–H groups in total. The molecule has 1 fully saturated rings. The molecule has 0 radical (unpaired) electrons. The number of nitrogens with zero attached hydrogens (tertiary/aromatic N) is 2. The number of allylic oxidation sites excluding steroid dienone is 3. The molecule has 10 nitrogen and oxygen atoms in total. The number of piperidine rings is 1. The number of amides is 2. The largest absolute Gasteiger partial charge is 0.508 e. The van der Waals surface area contributed by atoms with Crippen molar-refractivity contribution in [2.24, 2.45) is 17.8 Å². The van der Waals surface area contributed by atoms with Gasteiger partial charge < -0.3 is 39.2 Å². The van der Waals surface area contributed by atoms with Crippen LogP contribution in [0.15, 0.2) is 78.5 Å². The number of phenolic OH excluding ortho intramolecular Hbond substituents is 1. The van der Waals surface area contributed by atoms with Gasteiger partial charge in [-0.1, -0.05) is 56.4 Å². The predicted octanol–water partition coefficient (Wildman–Crippen LogP) is 6.07. The number of hydrogen-bond donors (Lipinski definition) is 2. The highest BCUT2D eigenvalue weighted by molar-refractivity contribution is 5.79. The van der Waals surface area contributed by atoms with E-state index in [2.05, 4.69) is 44.0 Å². The Labute approximate surface area is 284 Å². The molecule has 0 saturated carbocycles. The number of aromatic hydroxyl groups is 1. The molecule has 3 atom stereocenters. The highest BCUT2D eigenvalue weighted by Crippen LogP contribution is 2.33. The summed E-state index contributed by atoms with van der Waals surface area (Å²) in [6.07, 6.45) is 10.1. The number of nitrogens with one attached hydrogen (secondary N) is 1. The third kappa shape index (κ3) is 9.49. The molecule has 1 aliphatic carbocycles. The molecule has 2 amide bonds. The molecule has 2 unspecified atom stereocenters. The SMILES string of the molecule is C=C(COc1cccc(O)c1)N[C@@H](CC1=CC(C)CC=C1)C(C)CN(CCc1ccc2c(c1)OCO2)C(=O)C1CCN(C(=O)OC)CC1. The third-order valence-corrected chi connectivity index (χ3v) is 9.31. The monoisotopic (exact) mass is 659 g/mol. The van der Waals surface area contributed by atoms with Crippen molar-refractivity contribution in [2.75, 3.05) is 46.7 Å². The lowest BCUT2D eigenvalue weighted by atomic mass is 9.88. The number of fused-ring (bicyclic) bond motifs is 1. The van der Waals surface area contributed by atoms with Crippen LogP contribution in [-0.2, 0) is 16.0 Å². The first-order valence-electron chi connectivity index (χ1n) is 16.9. The zero-order valence-corrected chi connectivity index (χ0v) is 28.4. The van der Waals surface area contributed by atoms with E-state index in [1.807, 2.05) is 23.1 Å². The lowest BCUT2D eigenvalue weighted by Gasteiger charge is -2.36. The molecule has 1 saturated heterocycles. The Morgan fingerprint density at radius 2 is 1.94 bits per heavy atom. The summed E-state index contributed by atoms with van der Waals surface area (Å²) in [4.78, 5) is 30.0. The number of carbonyl (C=O) groups excluding carboxylic acids is 2. The van der Waals surface area contributed by atoms with Crippen molar-refractivity contribution < 1.29 is 33.6 Å². The molecular formula is C38H49N3O7. The molecule has 2 heterocycles. The first kappa shape index (κ1) is 34.7. The van der Waals surface area contributed by atoms with Gasteiger partial charge in [0.1, 0.15) is 18.1 Å². The Morgan fingerprint density at radius 3 is 2.69 bits per heavy atom. The first-order chi connectivity index (χ1) is 23.2.